The molecule has 8 heteroatoms. The van der Waals surface area contributed by atoms with Gasteiger partial charge in [0.1, 0.15) is 37.6 Å². The van der Waals surface area contributed by atoms with Crippen molar-refractivity contribution in [2.45, 2.75) is 87.0 Å². The van der Waals surface area contributed by atoms with E-state index in [-0.39, 0.29) is 57.2 Å². The minimum atomic E-state index is 0. The Hall–Kier alpha value is -2.20. The number of hydrogen-bond donors (Lipinski definition) is 0. The highest BCUT2D eigenvalue weighted by Gasteiger charge is 2.80. The lowest BCUT2D eigenvalue weighted by atomic mass is 9.52. The fraction of sp³-hybridized carbons (Fsp3) is 0.565. The molecule has 284 valence electrons. The molecular formula is C46H54Br2N4O2. The largest absolute Gasteiger partial charge is 1.00 e. The van der Waals surface area contributed by atoms with Crippen LogP contribution in [0.15, 0.2) is 96.1 Å². The molecule has 7 fully saturated rings. The molecule has 9 aliphatic heterocycles. The van der Waals surface area contributed by atoms with Gasteiger partial charge in [-0.25, -0.2) is 0 Å². The number of quaternary nitrogens is 2. The topological polar surface area (TPSA) is 24.9 Å². The van der Waals surface area contributed by atoms with Crippen molar-refractivity contribution in [2.24, 2.45) is 23.7 Å². The fourth-order valence-electron chi connectivity index (χ4n) is 16.5. The van der Waals surface area contributed by atoms with Crippen LogP contribution in [0.4, 0.5) is 11.4 Å². The molecule has 2 saturated carbocycles. The second-order valence-electron chi connectivity index (χ2n) is 18.9. The quantitative estimate of drug-likeness (QED) is 0.330. The van der Waals surface area contributed by atoms with Gasteiger partial charge >= 0.3 is 0 Å². The van der Waals surface area contributed by atoms with Gasteiger partial charge in [0.25, 0.3) is 0 Å². The zero-order chi connectivity index (χ0) is 34.2. The summed E-state index contributed by atoms with van der Waals surface area (Å²) in [5.41, 5.74) is 9.86. The second kappa shape index (κ2) is 11.7. The van der Waals surface area contributed by atoms with E-state index in [1.54, 1.807) is 22.3 Å². The first kappa shape index (κ1) is 35.0. The van der Waals surface area contributed by atoms with Crippen LogP contribution in [0.25, 0.3) is 0 Å². The van der Waals surface area contributed by atoms with Crippen molar-refractivity contribution in [3.05, 3.63) is 107 Å². The zero-order valence-corrected chi connectivity index (χ0v) is 34.9. The number of fused-ring (bicyclic) bond motifs is 6. The van der Waals surface area contributed by atoms with E-state index >= 15 is 0 Å². The lowest BCUT2D eigenvalue weighted by molar-refractivity contribution is -0.938. The smallest absolute Gasteiger partial charge is 0.136 e. The number of ether oxygens (including phenoxy) is 2. The van der Waals surface area contributed by atoms with E-state index in [0.29, 0.717) is 47.8 Å². The fourth-order valence-corrected chi connectivity index (χ4v) is 16.5. The summed E-state index contributed by atoms with van der Waals surface area (Å²) in [5, 5.41) is 0. The molecule has 2 aliphatic carbocycles. The van der Waals surface area contributed by atoms with Gasteiger partial charge in [0, 0.05) is 60.7 Å². The molecule has 9 heterocycles. The zero-order valence-electron chi connectivity index (χ0n) is 31.7. The summed E-state index contributed by atoms with van der Waals surface area (Å²) in [6.45, 7) is 13.1. The van der Waals surface area contributed by atoms with Crippen LogP contribution in [0.2, 0.25) is 0 Å². The molecule has 0 radical (unpaired) electrons. The number of nitrogens with zero attached hydrogens (tertiary/aromatic N) is 4. The highest BCUT2D eigenvalue weighted by Crippen LogP contribution is 2.72. The van der Waals surface area contributed by atoms with Gasteiger partial charge in [0.05, 0.1) is 62.3 Å². The van der Waals surface area contributed by atoms with Crippen molar-refractivity contribution in [3.63, 3.8) is 0 Å². The molecule has 2 unspecified atom stereocenters. The Kier molecular flexibility index (Phi) is 7.58. The molecule has 0 N–H and O–H groups in total. The summed E-state index contributed by atoms with van der Waals surface area (Å²) in [7, 11) is 0. The molecular weight excluding hydrogens is 800 g/mol. The monoisotopic (exact) mass is 852 g/mol. The lowest BCUT2D eigenvalue weighted by Gasteiger charge is -2.65. The number of anilines is 2. The minimum absolute atomic E-state index is 0. The van der Waals surface area contributed by atoms with Gasteiger partial charge in [-0.1, -0.05) is 60.7 Å². The predicted octanol–water partition coefficient (Wildman–Crippen LogP) is 0.456. The van der Waals surface area contributed by atoms with Gasteiger partial charge in [0.15, 0.2) is 0 Å². The molecule has 2 aromatic rings. The molecule has 54 heavy (non-hydrogen) atoms. The molecule has 11 aliphatic rings. The van der Waals surface area contributed by atoms with Crippen LogP contribution in [0, 0.1) is 23.7 Å². The van der Waals surface area contributed by atoms with Gasteiger partial charge in [-0.05, 0) is 60.4 Å². The van der Waals surface area contributed by atoms with E-state index in [1.165, 1.54) is 72.2 Å². The van der Waals surface area contributed by atoms with Crippen molar-refractivity contribution < 1.29 is 52.4 Å². The Morgan fingerprint density at radius 3 is 1.56 bits per heavy atom. The highest BCUT2D eigenvalue weighted by atomic mass is 79.9. The molecule has 2 spiro atoms. The number of halogens is 2. The van der Waals surface area contributed by atoms with Crippen molar-refractivity contribution >= 4 is 11.4 Å². The van der Waals surface area contributed by atoms with Gasteiger partial charge in [-0.2, -0.15) is 0 Å². The average Bonchev–Trinajstić information content (AvgIpc) is 3.79. The molecule has 5 saturated heterocycles. The third-order valence-electron chi connectivity index (χ3n) is 17.9. The Morgan fingerprint density at radius 2 is 1.11 bits per heavy atom. The van der Waals surface area contributed by atoms with Gasteiger partial charge in [0.2, 0.25) is 0 Å². The SMILES string of the molecule is C/C=C/C[N+]12CC[C@@]34c5ccccc5N5[C@@H]6OCC=C7C[N+]8(C/C=C/C)CC[C@]9%10c%11ccccc%11N([C@@H]%11OCC=C(C1)[C@H](C[C@@H]32)[C@@H]%11[C@H]54)[C@H]9[C@H]6[C@H]7C[C@@H]%108.[Br-].[Br-]. The Morgan fingerprint density at radius 1 is 0.667 bits per heavy atom. The Labute approximate surface area is 342 Å². The number of para-hydroxylation sites is 2. The third kappa shape index (κ3) is 3.75. The summed E-state index contributed by atoms with van der Waals surface area (Å²) in [4.78, 5) is 6.00. The molecule has 6 nitrogen and oxygen atoms in total. The first-order valence-corrected chi connectivity index (χ1v) is 20.9. The van der Waals surface area contributed by atoms with E-state index in [1.807, 2.05) is 0 Å². The maximum absolute atomic E-state index is 7.56. The normalized spacial score (nSPS) is 47.1. The van der Waals surface area contributed by atoms with Gasteiger partial charge in [-0.3, -0.25) is 0 Å². The lowest BCUT2D eigenvalue weighted by Crippen LogP contribution is -3.00. The van der Waals surface area contributed by atoms with Crippen LogP contribution in [0.1, 0.15) is 50.7 Å². The van der Waals surface area contributed by atoms with Gasteiger partial charge < -0.3 is 62.2 Å². The maximum atomic E-state index is 7.56. The summed E-state index contributed by atoms with van der Waals surface area (Å²) < 4.78 is 17.6. The Balaban J connectivity index is 0.00000171. The van der Waals surface area contributed by atoms with Crippen LogP contribution >= 0.6 is 0 Å². The second-order valence-corrected chi connectivity index (χ2v) is 18.9. The van der Waals surface area contributed by atoms with Crippen molar-refractivity contribution in [1.82, 2.24) is 0 Å². The van der Waals surface area contributed by atoms with Crippen LogP contribution in [-0.4, -0.2) is 98.1 Å². The summed E-state index contributed by atoms with van der Waals surface area (Å²) in [5.74, 6) is 1.85. The standard InChI is InChI=1S/C46H54N4O2.2BrH/c1-3-5-19-49-21-17-45-33-11-7-9-13-35(33)47-41(45)39-31(25-37(45)49)29(27-49)15-23-51-43(39)48-36-14-10-8-12-34(36)46-18-22-50(20-6-4-2)28-30-16-24-52-44(47)40(42(46)48)32(30)26-38(46)50;;/h3-16,31-32,37-44H,17-28H2,1-2H3;2*1H/q+2;;/p-2/b5-3+,6-4+;;/t31-,32-,37-,38-,39+,40+,41-,42-,43+,44+,45+,46+,49?,50?;;/m0../s1. The minimum Gasteiger partial charge on any atom is -1.00 e. The molecule has 0 amide bonds. The molecule has 0 aromatic heterocycles. The van der Waals surface area contributed by atoms with E-state index in [4.69, 9.17) is 9.47 Å². The number of rotatable bonds is 4. The summed E-state index contributed by atoms with van der Waals surface area (Å²) in [6.07, 6.45) is 19.9. The molecule has 4 bridgehead atoms. The van der Waals surface area contributed by atoms with Crippen LogP contribution in [0.5, 0.6) is 0 Å². The highest BCUT2D eigenvalue weighted by molar-refractivity contribution is 5.72. The summed E-state index contributed by atoms with van der Waals surface area (Å²) in [6, 6.07) is 21.5. The van der Waals surface area contributed by atoms with Crippen LogP contribution in [-0.2, 0) is 20.3 Å². The van der Waals surface area contributed by atoms with Crippen molar-refractivity contribution in [2.75, 3.05) is 62.3 Å². The number of hydrogen-bond acceptors (Lipinski definition) is 4. The van der Waals surface area contributed by atoms with E-state index in [2.05, 4.69) is 109 Å². The maximum Gasteiger partial charge on any atom is 0.136 e. The van der Waals surface area contributed by atoms with E-state index in [0.717, 1.165) is 26.3 Å². The first-order chi connectivity index (χ1) is 25.6. The number of piperidine rings is 2. The number of benzene rings is 2. The van der Waals surface area contributed by atoms with Crippen molar-refractivity contribution in [3.8, 4) is 0 Å². The third-order valence-corrected chi connectivity index (χ3v) is 17.9. The van der Waals surface area contributed by atoms with Crippen molar-refractivity contribution in [1.29, 1.82) is 0 Å². The summed E-state index contributed by atoms with van der Waals surface area (Å²) >= 11 is 0. The predicted molar refractivity (Wildman–Crippen MR) is 204 cm³/mol. The van der Waals surface area contributed by atoms with E-state index in [9.17, 15) is 0 Å². The van der Waals surface area contributed by atoms with Crippen LogP contribution in [0.3, 0.4) is 0 Å². The van der Waals surface area contributed by atoms with Gasteiger partial charge in [-0.15, -0.1) is 0 Å². The average molecular weight is 855 g/mol. The van der Waals surface area contributed by atoms with E-state index < -0.39 is 0 Å². The first-order valence-electron chi connectivity index (χ1n) is 20.9. The Bertz CT molecular complexity index is 1910. The molecule has 14 atom stereocenters. The molecule has 13 rings (SSSR count). The number of allylic oxidation sites excluding steroid dienone is 2. The van der Waals surface area contributed by atoms with Crippen LogP contribution < -0.4 is 43.8 Å². The molecule has 2 aromatic carbocycles.